The normalized spacial score (nSPS) is 18.2. The average molecular weight is 334 g/mol. The van der Waals surface area contributed by atoms with Gasteiger partial charge in [-0.15, -0.1) is 0 Å². The highest BCUT2D eigenvalue weighted by molar-refractivity contribution is 6.30. The van der Waals surface area contributed by atoms with Crippen LogP contribution in [0.15, 0.2) is 36.7 Å². The summed E-state index contributed by atoms with van der Waals surface area (Å²) in [6.07, 6.45) is 5.98. The van der Waals surface area contributed by atoms with Gasteiger partial charge >= 0.3 is 0 Å². The lowest BCUT2D eigenvalue weighted by atomic mass is 9.91. The molecule has 0 aliphatic carbocycles. The fourth-order valence-electron chi connectivity index (χ4n) is 3.25. The maximum absolute atomic E-state index is 10.4. The van der Waals surface area contributed by atoms with Crippen LogP contribution in [0.2, 0.25) is 5.02 Å². The lowest BCUT2D eigenvalue weighted by Gasteiger charge is -2.32. The number of benzene rings is 1. The third-order valence-electron chi connectivity index (χ3n) is 4.72. The number of β-amino-alcohol motifs (C(OH)–C–C–N with tert-alkyl or cyclic N) is 1. The highest BCUT2D eigenvalue weighted by atomic mass is 35.5. The Bertz CT molecular complexity index is 617. The van der Waals surface area contributed by atoms with E-state index >= 15 is 0 Å². The zero-order valence-corrected chi connectivity index (χ0v) is 14.3. The van der Waals surface area contributed by atoms with Crippen LogP contribution in [0.3, 0.4) is 0 Å². The van der Waals surface area contributed by atoms with E-state index in [1.807, 2.05) is 35.1 Å². The van der Waals surface area contributed by atoms with Gasteiger partial charge in [0, 0.05) is 24.3 Å². The Hall–Kier alpha value is -1.36. The second-order valence-electron chi connectivity index (χ2n) is 6.27. The van der Waals surface area contributed by atoms with Gasteiger partial charge in [-0.05, 0) is 62.0 Å². The van der Waals surface area contributed by atoms with Gasteiger partial charge in [-0.3, -0.25) is 4.68 Å². The number of aryl methyl sites for hydroxylation is 1. The highest BCUT2D eigenvalue weighted by Crippen LogP contribution is 2.28. The molecule has 2 heterocycles. The SMILES string of the molecule is CCn1cc(C2CCN(C[C@@H](O)c3ccc(Cl)cc3)CC2)cn1. The summed E-state index contributed by atoms with van der Waals surface area (Å²) in [6.45, 7) is 5.76. The van der Waals surface area contributed by atoms with Gasteiger partial charge in [0.15, 0.2) is 0 Å². The molecule has 3 rings (SSSR count). The summed E-state index contributed by atoms with van der Waals surface area (Å²) < 4.78 is 1.99. The minimum atomic E-state index is -0.452. The first-order valence-corrected chi connectivity index (χ1v) is 8.71. The number of halogens is 1. The fourth-order valence-corrected chi connectivity index (χ4v) is 3.37. The Morgan fingerprint density at radius 3 is 2.57 bits per heavy atom. The van der Waals surface area contributed by atoms with Crippen molar-refractivity contribution in [2.75, 3.05) is 19.6 Å². The van der Waals surface area contributed by atoms with Crippen LogP contribution >= 0.6 is 11.6 Å². The first kappa shape index (κ1) is 16.5. The second-order valence-corrected chi connectivity index (χ2v) is 6.71. The minimum absolute atomic E-state index is 0.452. The van der Waals surface area contributed by atoms with Gasteiger partial charge in [-0.25, -0.2) is 0 Å². The maximum Gasteiger partial charge on any atom is 0.0916 e. The van der Waals surface area contributed by atoms with E-state index in [4.69, 9.17) is 11.6 Å². The number of nitrogens with zero attached hydrogens (tertiary/aromatic N) is 3. The lowest BCUT2D eigenvalue weighted by molar-refractivity contribution is 0.0972. The quantitative estimate of drug-likeness (QED) is 0.911. The molecular formula is C18H24ClN3O. The molecule has 2 aromatic rings. The molecule has 1 aliphatic rings. The average Bonchev–Trinajstić information content (AvgIpc) is 3.05. The van der Waals surface area contributed by atoms with Crippen molar-refractivity contribution in [2.45, 2.75) is 38.3 Å². The molecule has 1 fully saturated rings. The van der Waals surface area contributed by atoms with Crippen LogP contribution in [-0.2, 0) is 6.54 Å². The number of piperidine rings is 1. The molecule has 0 bridgehead atoms. The van der Waals surface area contributed by atoms with Crippen LogP contribution in [0.5, 0.6) is 0 Å². The topological polar surface area (TPSA) is 41.3 Å². The van der Waals surface area contributed by atoms with E-state index in [0.717, 1.165) is 38.0 Å². The van der Waals surface area contributed by atoms with Crippen LogP contribution in [-0.4, -0.2) is 39.4 Å². The zero-order chi connectivity index (χ0) is 16.2. The molecule has 4 nitrogen and oxygen atoms in total. The third-order valence-corrected chi connectivity index (χ3v) is 4.97. The summed E-state index contributed by atoms with van der Waals surface area (Å²) in [5.41, 5.74) is 2.28. The summed E-state index contributed by atoms with van der Waals surface area (Å²) in [7, 11) is 0. The van der Waals surface area contributed by atoms with Crippen molar-refractivity contribution in [3.05, 3.63) is 52.8 Å². The van der Waals surface area contributed by atoms with Gasteiger partial charge in [-0.1, -0.05) is 23.7 Å². The van der Waals surface area contributed by atoms with Gasteiger partial charge in [-0.2, -0.15) is 5.10 Å². The molecule has 1 aromatic heterocycles. The van der Waals surface area contributed by atoms with Crippen LogP contribution in [0.1, 0.15) is 42.9 Å². The number of rotatable bonds is 5. The lowest BCUT2D eigenvalue weighted by Crippen LogP contribution is -2.36. The van der Waals surface area contributed by atoms with E-state index in [1.165, 1.54) is 5.56 Å². The monoisotopic (exact) mass is 333 g/mol. The number of aliphatic hydroxyl groups is 1. The number of aromatic nitrogens is 2. The van der Waals surface area contributed by atoms with E-state index in [0.29, 0.717) is 17.5 Å². The van der Waals surface area contributed by atoms with Crippen molar-refractivity contribution in [3.8, 4) is 0 Å². The first-order valence-electron chi connectivity index (χ1n) is 8.34. The van der Waals surface area contributed by atoms with Gasteiger partial charge in [0.2, 0.25) is 0 Å². The molecule has 124 valence electrons. The Labute approximate surface area is 142 Å². The zero-order valence-electron chi connectivity index (χ0n) is 13.5. The Morgan fingerprint density at radius 2 is 1.96 bits per heavy atom. The van der Waals surface area contributed by atoms with Crippen LogP contribution in [0.4, 0.5) is 0 Å². The van der Waals surface area contributed by atoms with E-state index in [-0.39, 0.29) is 0 Å². The molecule has 0 saturated carbocycles. The van der Waals surface area contributed by atoms with E-state index in [2.05, 4.69) is 23.1 Å². The number of aliphatic hydroxyl groups excluding tert-OH is 1. The Morgan fingerprint density at radius 1 is 1.26 bits per heavy atom. The molecule has 0 amide bonds. The summed E-state index contributed by atoms with van der Waals surface area (Å²) in [6, 6.07) is 7.47. The van der Waals surface area contributed by atoms with Gasteiger partial charge in [0.1, 0.15) is 0 Å². The van der Waals surface area contributed by atoms with E-state index < -0.39 is 6.10 Å². The van der Waals surface area contributed by atoms with Crippen molar-refractivity contribution in [2.24, 2.45) is 0 Å². The predicted octanol–water partition coefficient (Wildman–Crippen LogP) is 3.47. The van der Waals surface area contributed by atoms with Crippen LogP contribution < -0.4 is 0 Å². The van der Waals surface area contributed by atoms with Crippen molar-refractivity contribution < 1.29 is 5.11 Å². The first-order chi connectivity index (χ1) is 11.2. The molecule has 0 unspecified atom stereocenters. The van der Waals surface area contributed by atoms with E-state index in [1.54, 1.807) is 0 Å². The summed E-state index contributed by atoms with van der Waals surface area (Å²) >= 11 is 5.90. The molecule has 23 heavy (non-hydrogen) atoms. The Kier molecular flexibility index (Phi) is 5.36. The number of likely N-dealkylation sites (tertiary alicyclic amines) is 1. The molecule has 1 N–H and O–H groups in total. The number of hydrogen-bond acceptors (Lipinski definition) is 3. The summed E-state index contributed by atoms with van der Waals surface area (Å²) in [4.78, 5) is 2.35. The molecular weight excluding hydrogens is 310 g/mol. The van der Waals surface area contributed by atoms with Gasteiger partial charge in [0.05, 0.1) is 12.3 Å². The van der Waals surface area contributed by atoms with E-state index in [9.17, 15) is 5.11 Å². The summed E-state index contributed by atoms with van der Waals surface area (Å²) in [5, 5.41) is 15.5. The Balaban J connectivity index is 1.51. The highest BCUT2D eigenvalue weighted by Gasteiger charge is 2.23. The standard InChI is InChI=1S/C18H24ClN3O/c1-2-22-12-16(11-20-22)14-7-9-21(10-8-14)13-18(23)15-3-5-17(19)6-4-15/h3-6,11-12,14,18,23H,2,7-10,13H2,1H3/t18-/m1/s1. The molecule has 5 heteroatoms. The van der Waals surface area contributed by atoms with Crippen LogP contribution in [0.25, 0.3) is 0 Å². The summed E-state index contributed by atoms with van der Waals surface area (Å²) in [5.74, 6) is 0.597. The van der Waals surface area contributed by atoms with Crippen molar-refractivity contribution in [3.63, 3.8) is 0 Å². The molecule has 0 radical (unpaired) electrons. The minimum Gasteiger partial charge on any atom is -0.387 e. The van der Waals surface area contributed by atoms with Crippen molar-refractivity contribution >= 4 is 11.6 Å². The van der Waals surface area contributed by atoms with Gasteiger partial charge < -0.3 is 10.0 Å². The molecule has 1 saturated heterocycles. The molecule has 1 aromatic carbocycles. The smallest absolute Gasteiger partial charge is 0.0916 e. The maximum atomic E-state index is 10.4. The second kappa shape index (κ2) is 7.47. The third kappa shape index (κ3) is 4.14. The fraction of sp³-hybridized carbons (Fsp3) is 0.500. The van der Waals surface area contributed by atoms with Crippen molar-refractivity contribution in [1.29, 1.82) is 0 Å². The molecule has 1 aliphatic heterocycles. The van der Waals surface area contributed by atoms with Crippen molar-refractivity contribution in [1.82, 2.24) is 14.7 Å². The molecule has 1 atom stereocenters. The number of hydrogen-bond donors (Lipinski definition) is 1. The molecule has 0 spiro atoms. The van der Waals surface area contributed by atoms with Gasteiger partial charge in [0.25, 0.3) is 0 Å². The van der Waals surface area contributed by atoms with Crippen LogP contribution in [0, 0.1) is 0 Å². The predicted molar refractivity (Wildman–Crippen MR) is 92.7 cm³/mol. The largest absolute Gasteiger partial charge is 0.387 e.